The molecule has 164 valence electrons. The first-order chi connectivity index (χ1) is 15.3. The van der Waals surface area contributed by atoms with Crippen molar-refractivity contribution >= 4 is 40.3 Å². The smallest absolute Gasteiger partial charge is 0.260 e. The molecule has 0 atom stereocenters. The van der Waals surface area contributed by atoms with E-state index in [-0.39, 0.29) is 11.7 Å². The highest BCUT2D eigenvalue weighted by Crippen LogP contribution is 2.40. The highest BCUT2D eigenvalue weighted by molar-refractivity contribution is 6.13. The summed E-state index contributed by atoms with van der Waals surface area (Å²) < 4.78 is 0. The maximum atomic E-state index is 13.0. The second kappa shape index (κ2) is 8.46. The third-order valence-corrected chi connectivity index (χ3v) is 5.79. The monoisotopic (exact) mass is 428 g/mol. The Balaban J connectivity index is 1.75. The second-order valence-electron chi connectivity index (χ2n) is 8.65. The Morgan fingerprint density at radius 2 is 1.75 bits per heavy atom. The lowest BCUT2D eigenvalue weighted by Crippen LogP contribution is -2.25. The van der Waals surface area contributed by atoms with Gasteiger partial charge in [0.1, 0.15) is 5.82 Å². The highest BCUT2D eigenvalue weighted by Gasteiger charge is 2.27. The van der Waals surface area contributed by atoms with E-state index in [1.807, 2.05) is 60.5 Å². The van der Waals surface area contributed by atoms with Gasteiger partial charge in [0.05, 0.1) is 28.8 Å². The number of para-hydroxylation sites is 1. The topological polar surface area (TPSA) is 65.5 Å². The summed E-state index contributed by atoms with van der Waals surface area (Å²) >= 11 is 0. The lowest BCUT2D eigenvalue weighted by Gasteiger charge is -2.23. The number of Topliss-reactive ketones (excluding diaryl/α,β-unsaturated/α-hetero) is 1. The predicted octanol–water partition coefficient (Wildman–Crippen LogP) is 5.58. The van der Waals surface area contributed by atoms with Gasteiger partial charge in [-0.15, -0.1) is 0 Å². The normalized spacial score (nSPS) is 13.0. The van der Waals surface area contributed by atoms with Crippen LogP contribution in [0.4, 0.5) is 28.6 Å². The van der Waals surface area contributed by atoms with E-state index in [9.17, 15) is 9.59 Å². The molecule has 1 N–H and O–H groups in total. The molecule has 2 aromatic carbocycles. The number of aromatic nitrogens is 1. The number of anilines is 5. The van der Waals surface area contributed by atoms with E-state index >= 15 is 0 Å². The van der Waals surface area contributed by atoms with Crippen molar-refractivity contribution in [1.82, 2.24) is 4.98 Å². The number of carbonyl (C=O) groups is 2. The number of nitrogens with zero attached hydrogens (tertiary/aromatic N) is 3. The van der Waals surface area contributed by atoms with Crippen molar-refractivity contribution in [2.45, 2.75) is 27.2 Å². The van der Waals surface area contributed by atoms with Crippen LogP contribution >= 0.6 is 0 Å². The van der Waals surface area contributed by atoms with Crippen LogP contribution in [0.1, 0.15) is 47.1 Å². The predicted molar refractivity (Wildman–Crippen MR) is 130 cm³/mol. The summed E-state index contributed by atoms with van der Waals surface area (Å²) in [7, 11) is 3.73. The van der Waals surface area contributed by atoms with E-state index in [2.05, 4.69) is 24.1 Å². The summed E-state index contributed by atoms with van der Waals surface area (Å²) in [4.78, 5) is 33.1. The number of hydrogen-bond acceptors (Lipinski definition) is 5. The summed E-state index contributed by atoms with van der Waals surface area (Å²) in [5.74, 6) is 1.11. The second-order valence-corrected chi connectivity index (χ2v) is 8.65. The Hall–Kier alpha value is -3.67. The number of fused-ring (bicyclic) bond motifs is 2. The van der Waals surface area contributed by atoms with Gasteiger partial charge in [0.15, 0.2) is 5.78 Å². The van der Waals surface area contributed by atoms with Crippen molar-refractivity contribution in [3.05, 3.63) is 71.4 Å². The van der Waals surface area contributed by atoms with E-state index in [1.165, 1.54) is 0 Å². The largest absolute Gasteiger partial charge is 0.342 e. The molecule has 0 spiro atoms. The fourth-order valence-electron chi connectivity index (χ4n) is 4.08. The molecule has 0 saturated heterocycles. The van der Waals surface area contributed by atoms with Gasteiger partial charge >= 0.3 is 0 Å². The van der Waals surface area contributed by atoms with Crippen LogP contribution in [0.15, 0.2) is 54.7 Å². The minimum Gasteiger partial charge on any atom is -0.342 e. The fourth-order valence-corrected chi connectivity index (χ4v) is 4.08. The number of nitrogens with one attached hydrogen (secondary N) is 1. The van der Waals surface area contributed by atoms with Gasteiger partial charge in [-0.1, -0.05) is 26.0 Å². The molecule has 3 aromatic rings. The Kier molecular flexibility index (Phi) is 5.70. The summed E-state index contributed by atoms with van der Waals surface area (Å²) in [5.41, 5.74) is 5.85. The van der Waals surface area contributed by atoms with Crippen molar-refractivity contribution in [3.63, 3.8) is 0 Å². The molecule has 4 rings (SSSR count). The van der Waals surface area contributed by atoms with Crippen LogP contribution in [-0.2, 0) is 6.42 Å². The number of ketones is 1. The molecule has 32 heavy (non-hydrogen) atoms. The van der Waals surface area contributed by atoms with Crippen LogP contribution in [0.5, 0.6) is 0 Å². The lowest BCUT2D eigenvalue weighted by molar-refractivity contribution is 0.0991. The third-order valence-electron chi connectivity index (χ3n) is 5.79. The van der Waals surface area contributed by atoms with E-state index in [4.69, 9.17) is 0 Å². The average molecular weight is 429 g/mol. The van der Waals surface area contributed by atoms with Gasteiger partial charge in [-0.3, -0.25) is 9.59 Å². The van der Waals surface area contributed by atoms with E-state index < -0.39 is 0 Å². The minimum atomic E-state index is -0.0623. The third kappa shape index (κ3) is 3.96. The van der Waals surface area contributed by atoms with Crippen molar-refractivity contribution < 1.29 is 9.59 Å². The molecule has 1 aromatic heterocycles. The number of pyridine rings is 1. The molecule has 1 aliphatic heterocycles. The Morgan fingerprint density at radius 3 is 2.47 bits per heavy atom. The lowest BCUT2D eigenvalue weighted by atomic mass is 9.98. The van der Waals surface area contributed by atoms with Gasteiger partial charge in [-0.2, -0.15) is 0 Å². The fraction of sp³-hybridized carbons (Fsp3) is 0.269. The molecule has 6 nitrogen and oxygen atoms in total. The number of rotatable bonds is 5. The molecule has 0 bridgehead atoms. The molecule has 1 aliphatic rings. The van der Waals surface area contributed by atoms with Crippen LogP contribution in [0.3, 0.4) is 0 Å². The molecule has 0 aliphatic carbocycles. The van der Waals surface area contributed by atoms with Crippen LogP contribution in [-0.4, -0.2) is 30.8 Å². The van der Waals surface area contributed by atoms with Crippen molar-refractivity contribution in [3.8, 4) is 0 Å². The van der Waals surface area contributed by atoms with Gasteiger partial charge in [0.2, 0.25) is 0 Å². The summed E-state index contributed by atoms with van der Waals surface area (Å²) in [5, 5.41) is 3.43. The van der Waals surface area contributed by atoms with Crippen molar-refractivity contribution in [2.75, 3.05) is 29.2 Å². The van der Waals surface area contributed by atoms with Gasteiger partial charge in [0.25, 0.3) is 5.91 Å². The van der Waals surface area contributed by atoms with Crippen molar-refractivity contribution in [2.24, 2.45) is 5.92 Å². The maximum absolute atomic E-state index is 13.0. The summed E-state index contributed by atoms with van der Waals surface area (Å²) in [6, 6.07) is 15.3. The molecular formula is C26H28N4O2. The van der Waals surface area contributed by atoms with E-state index in [0.29, 0.717) is 22.9 Å². The van der Waals surface area contributed by atoms with Gasteiger partial charge in [0, 0.05) is 31.4 Å². The molecule has 0 radical (unpaired) electrons. The Labute approximate surface area is 188 Å². The minimum absolute atomic E-state index is 0.0534. The highest BCUT2D eigenvalue weighted by atomic mass is 16.2. The zero-order valence-electron chi connectivity index (χ0n) is 19.1. The van der Waals surface area contributed by atoms with Crippen LogP contribution in [0, 0.1) is 5.92 Å². The number of benzene rings is 2. The molecule has 6 heteroatoms. The zero-order valence-corrected chi connectivity index (χ0v) is 19.1. The number of carbonyl (C=O) groups excluding carboxylic acids is 2. The van der Waals surface area contributed by atoms with Gasteiger partial charge < -0.3 is 15.1 Å². The van der Waals surface area contributed by atoms with Gasteiger partial charge in [-0.25, -0.2) is 4.98 Å². The average Bonchev–Trinajstić information content (AvgIpc) is 2.84. The maximum Gasteiger partial charge on any atom is 0.260 e. The summed E-state index contributed by atoms with van der Waals surface area (Å²) in [6.07, 6.45) is 2.57. The molecule has 0 fully saturated rings. The molecular weight excluding hydrogens is 400 g/mol. The first-order valence-electron chi connectivity index (χ1n) is 10.8. The zero-order chi connectivity index (χ0) is 23.0. The Morgan fingerprint density at radius 1 is 1.00 bits per heavy atom. The van der Waals surface area contributed by atoms with Crippen molar-refractivity contribution in [1.29, 1.82) is 0 Å². The molecule has 0 unspecified atom stereocenters. The first kappa shape index (κ1) is 21.6. The van der Waals surface area contributed by atoms with Crippen LogP contribution < -0.4 is 15.1 Å². The van der Waals surface area contributed by atoms with Gasteiger partial charge in [-0.05, 0) is 55.2 Å². The SMILES string of the molecule is CC(=O)c1ccc(Nc2cc3c(cn2)N(C)C(=O)c2ccccc2N3C)c(CC(C)C)c1. The first-order valence-corrected chi connectivity index (χ1v) is 10.8. The molecule has 2 heterocycles. The van der Waals surface area contributed by atoms with Crippen LogP contribution in [0.2, 0.25) is 0 Å². The number of amides is 1. The number of hydrogen-bond donors (Lipinski definition) is 1. The molecule has 1 amide bonds. The van der Waals surface area contributed by atoms with E-state index in [0.717, 1.165) is 34.7 Å². The van der Waals surface area contributed by atoms with Crippen LogP contribution in [0.25, 0.3) is 0 Å². The summed E-state index contributed by atoms with van der Waals surface area (Å²) in [6.45, 7) is 5.90. The standard InChI is InChI=1S/C26H28N4O2/c1-16(2)12-19-13-18(17(3)31)10-11-21(19)28-25-14-23-24(15-27-25)30(5)26(32)20-8-6-7-9-22(20)29(23)4/h6-11,13-16H,12H2,1-5H3,(H,27,28). The Bertz CT molecular complexity index is 1200. The quantitative estimate of drug-likeness (QED) is 0.537. The molecule has 0 saturated carbocycles. The van der Waals surface area contributed by atoms with E-state index in [1.54, 1.807) is 25.1 Å².